The number of hydrogen-bond acceptors (Lipinski definition) is 4. The topological polar surface area (TPSA) is 43.9 Å². The first-order chi connectivity index (χ1) is 14.5. The van der Waals surface area contributed by atoms with Gasteiger partial charge in [0.15, 0.2) is 0 Å². The van der Waals surface area contributed by atoms with Crippen molar-refractivity contribution in [1.82, 2.24) is 14.7 Å². The summed E-state index contributed by atoms with van der Waals surface area (Å²) in [4.78, 5) is 32.0. The maximum Gasteiger partial charge on any atom is 0.278 e. The summed E-state index contributed by atoms with van der Waals surface area (Å²) in [6, 6.07) is 15.9. The Balaban J connectivity index is 1.58. The molecule has 1 saturated heterocycles. The molecular weight excluding hydrogens is 381 g/mol. The second-order valence-corrected chi connectivity index (χ2v) is 8.05. The van der Waals surface area contributed by atoms with Crippen LogP contribution in [0.3, 0.4) is 0 Å². The summed E-state index contributed by atoms with van der Waals surface area (Å²) in [6.45, 7) is 7.47. The zero-order chi connectivity index (χ0) is 21.3. The summed E-state index contributed by atoms with van der Waals surface area (Å²) in [5.74, 6) is -0.929. The average molecular weight is 407 g/mol. The first-order valence-corrected chi connectivity index (χ1v) is 10.3. The summed E-state index contributed by atoms with van der Waals surface area (Å²) in [6.07, 6.45) is 0. The fraction of sp³-hybridized carbons (Fsp3) is 0.333. The van der Waals surface area contributed by atoms with E-state index < -0.39 is 0 Å². The second-order valence-electron chi connectivity index (χ2n) is 8.05. The number of imide groups is 1. The minimum atomic E-state index is -0.368. The molecule has 0 aromatic heterocycles. The summed E-state index contributed by atoms with van der Waals surface area (Å²) >= 11 is 0. The van der Waals surface area contributed by atoms with Gasteiger partial charge < -0.3 is 4.90 Å². The molecule has 0 aliphatic carbocycles. The van der Waals surface area contributed by atoms with Gasteiger partial charge in [-0.1, -0.05) is 42.5 Å². The van der Waals surface area contributed by atoms with Crippen LogP contribution in [0.25, 0.3) is 5.57 Å². The van der Waals surface area contributed by atoms with Gasteiger partial charge in [-0.25, -0.2) is 4.39 Å². The zero-order valence-electron chi connectivity index (χ0n) is 17.3. The van der Waals surface area contributed by atoms with Crippen LogP contribution in [0.1, 0.15) is 25.0 Å². The third kappa shape index (κ3) is 3.87. The Morgan fingerprint density at radius 1 is 0.867 bits per heavy atom. The number of hydrogen-bond donors (Lipinski definition) is 0. The number of rotatable bonds is 5. The van der Waals surface area contributed by atoms with E-state index in [1.807, 2.05) is 36.9 Å². The average Bonchev–Trinajstić information content (AvgIpc) is 3.00. The van der Waals surface area contributed by atoms with Crippen LogP contribution in [0.15, 0.2) is 60.3 Å². The first-order valence-electron chi connectivity index (χ1n) is 10.3. The Morgan fingerprint density at radius 2 is 1.50 bits per heavy atom. The van der Waals surface area contributed by atoms with E-state index in [0.717, 1.165) is 19.6 Å². The highest BCUT2D eigenvalue weighted by Crippen LogP contribution is 2.33. The fourth-order valence-corrected chi connectivity index (χ4v) is 4.15. The lowest BCUT2D eigenvalue weighted by atomic mass is 10.0. The number of amides is 2. The van der Waals surface area contributed by atoms with Gasteiger partial charge in [-0.3, -0.25) is 19.4 Å². The Hall–Kier alpha value is -2.99. The number of halogens is 1. The monoisotopic (exact) mass is 407 g/mol. The van der Waals surface area contributed by atoms with Crippen LogP contribution < -0.4 is 0 Å². The lowest BCUT2D eigenvalue weighted by Crippen LogP contribution is -2.47. The third-order valence-corrected chi connectivity index (χ3v) is 5.68. The minimum Gasteiger partial charge on any atom is -0.364 e. The highest BCUT2D eigenvalue weighted by molar-refractivity contribution is 6.35. The quantitative estimate of drug-likeness (QED) is 0.715. The molecule has 0 unspecified atom stereocenters. The van der Waals surface area contributed by atoms with Crippen molar-refractivity contribution >= 4 is 17.4 Å². The number of benzene rings is 2. The van der Waals surface area contributed by atoms with Crippen LogP contribution in [-0.4, -0.2) is 58.7 Å². The molecule has 0 radical (unpaired) electrons. The van der Waals surface area contributed by atoms with E-state index in [4.69, 9.17) is 0 Å². The molecular formula is C24H26FN3O2. The lowest BCUT2D eigenvalue weighted by molar-refractivity contribution is -0.139. The molecule has 4 rings (SSSR count). The molecule has 5 nitrogen and oxygen atoms in total. The summed E-state index contributed by atoms with van der Waals surface area (Å²) in [5, 5.41) is 0. The highest BCUT2D eigenvalue weighted by Gasteiger charge is 2.43. The standard InChI is InChI=1S/C24H26FN3O2/c1-17(2)28-23(29)21(19-8-10-20(25)11-9-19)22(24(28)30)27-14-12-26(13-15-27)16-18-6-4-3-5-7-18/h3-11,17H,12-16H2,1-2H3. The van der Waals surface area contributed by atoms with E-state index in [0.29, 0.717) is 29.9 Å². The minimum absolute atomic E-state index is 0.239. The third-order valence-electron chi connectivity index (χ3n) is 5.68. The van der Waals surface area contributed by atoms with Crippen LogP contribution >= 0.6 is 0 Å². The van der Waals surface area contributed by atoms with Crippen molar-refractivity contribution in [3.63, 3.8) is 0 Å². The molecule has 0 spiro atoms. The van der Waals surface area contributed by atoms with E-state index in [1.54, 1.807) is 12.1 Å². The molecule has 0 N–H and O–H groups in total. The number of nitrogens with zero attached hydrogens (tertiary/aromatic N) is 3. The molecule has 2 aromatic carbocycles. The molecule has 0 atom stereocenters. The predicted octanol–water partition coefficient (Wildman–Crippen LogP) is 3.13. The molecule has 30 heavy (non-hydrogen) atoms. The molecule has 2 amide bonds. The van der Waals surface area contributed by atoms with E-state index in [9.17, 15) is 14.0 Å². The first kappa shape index (κ1) is 20.3. The van der Waals surface area contributed by atoms with Gasteiger partial charge in [0, 0.05) is 38.8 Å². The van der Waals surface area contributed by atoms with Crippen molar-refractivity contribution in [1.29, 1.82) is 0 Å². The van der Waals surface area contributed by atoms with E-state index in [2.05, 4.69) is 17.0 Å². The molecule has 156 valence electrons. The number of carbonyl (C=O) groups excluding carboxylic acids is 2. The Labute approximate surface area is 176 Å². The molecule has 0 saturated carbocycles. The van der Waals surface area contributed by atoms with E-state index in [-0.39, 0.29) is 23.7 Å². The molecule has 2 aliphatic heterocycles. The van der Waals surface area contributed by atoms with Gasteiger partial charge in [0.25, 0.3) is 11.8 Å². The number of piperazine rings is 1. The Kier molecular flexibility index (Phi) is 5.68. The summed E-state index contributed by atoms with van der Waals surface area (Å²) in [7, 11) is 0. The Morgan fingerprint density at radius 3 is 2.10 bits per heavy atom. The largest absolute Gasteiger partial charge is 0.364 e. The van der Waals surface area contributed by atoms with Crippen molar-refractivity contribution in [3.05, 3.63) is 77.2 Å². The van der Waals surface area contributed by atoms with Gasteiger partial charge in [0.2, 0.25) is 0 Å². The lowest BCUT2D eigenvalue weighted by Gasteiger charge is -2.36. The van der Waals surface area contributed by atoms with Gasteiger partial charge >= 0.3 is 0 Å². The van der Waals surface area contributed by atoms with Crippen LogP contribution in [-0.2, 0) is 16.1 Å². The maximum absolute atomic E-state index is 13.4. The highest BCUT2D eigenvalue weighted by atomic mass is 19.1. The molecule has 1 fully saturated rings. The van der Waals surface area contributed by atoms with Crippen LogP contribution in [0.4, 0.5) is 4.39 Å². The smallest absolute Gasteiger partial charge is 0.278 e. The fourth-order valence-electron chi connectivity index (χ4n) is 4.15. The van der Waals surface area contributed by atoms with Crippen molar-refractivity contribution in [2.24, 2.45) is 0 Å². The predicted molar refractivity (Wildman–Crippen MR) is 114 cm³/mol. The SMILES string of the molecule is CC(C)N1C(=O)C(c2ccc(F)cc2)=C(N2CCN(Cc3ccccc3)CC2)C1=O. The molecule has 2 heterocycles. The van der Waals surface area contributed by atoms with Crippen LogP contribution in [0.2, 0.25) is 0 Å². The second kappa shape index (κ2) is 8.40. The zero-order valence-corrected chi connectivity index (χ0v) is 17.3. The Bertz CT molecular complexity index is 962. The summed E-state index contributed by atoms with van der Waals surface area (Å²) in [5.41, 5.74) is 2.67. The van der Waals surface area contributed by atoms with E-state index in [1.165, 1.54) is 22.6 Å². The van der Waals surface area contributed by atoms with Gasteiger partial charge in [0.05, 0.1) is 5.57 Å². The molecule has 6 heteroatoms. The van der Waals surface area contributed by atoms with Crippen molar-refractivity contribution in [2.45, 2.75) is 26.4 Å². The van der Waals surface area contributed by atoms with Gasteiger partial charge in [-0.2, -0.15) is 0 Å². The molecule has 2 aliphatic rings. The normalized spacial score (nSPS) is 18.1. The summed E-state index contributed by atoms with van der Waals surface area (Å²) < 4.78 is 13.4. The maximum atomic E-state index is 13.4. The van der Waals surface area contributed by atoms with Gasteiger partial charge in [-0.05, 0) is 37.1 Å². The van der Waals surface area contributed by atoms with Crippen molar-refractivity contribution in [2.75, 3.05) is 26.2 Å². The van der Waals surface area contributed by atoms with Gasteiger partial charge in [-0.15, -0.1) is 0 Å². The molecule has 0 bridgehead atoms. The van der Waals surface area contributed by atoms with E-state index >= 15 is 0 Å². The van der Waals surface area contributed by atoms with Crippen LogP contribution in [0.5, 0.6) is 0 Å². The number of carbonyl (C=O) groups is 2. The van der Waals surface area contributed by atoms with Gasteiger partial charge in [0.1, 0.15) is 11.5 Å². The molecule has 2 aromatic rings. The van der Waals surface area contributed by atoms with Crippen molar-refractivity contribution in [3.8, 4) is 0 Å². The van der Waals surface area contributed by atoms with Crippen molar-refractivity contribution < 1.29 is 14.0 Å². The van der Waals surface area contributed by atoms with Crippen LogP contribution in [0, 0.1) is 5.82 Å².